The first-order chi connectivity index (χ1) is 8.15. The summed E-state index contributed by atoms with van der Waals surface area (Å²) >= 11 is 0. The fraction of sp³-hybridized carbons (Fsp3) is 0.545. The number of nitrogens with zero attached hydrogens (tertiary/aromatic N) is 1. The monoisotopic (exact) mass is 256 g/mol. The van der Waals surface area contributed by atoms with Gasteiger partial charge in [-0.1, -0.05) is 0 Å². The molecule has 0 aliphatic heterocycles. The summed E-state index contributed by atoms with van der Waals surface area (Å²) < 4.78 is 9.93. The van der Waals surface area contributed by atoms with Gasteiger partial charge in [0.25, 0.3) is 0 Å². The maximum absolute atomic E-state index is 11.6. The third-order valence-electron chi connectivity index (χ3n) is 2.04. The first-order valence-corrected chi connectivity index (χ1v) is 5.30. The molecule has 18 heavy (non-hydrogen) atoms. The minimum atomic E-state index is -1.77. The van der Waals surface area contributed by atoms with Gasteiger partial charge in [-0.15, -0.1) is 0 Å². The second kappa shape index (κ2) is 4.67. The molecule has 2 N–H and O–H groups in total. The van der Waals surface area contributed by atoms with Crippen molar-refractivity contribution in [1.82, 2.24) is 10.3 Å². The van der Waals surface area contributed by atoms with E-state index in [1.165, 1.54) is 19.4 Å². The molecule has 1 rings (SSSR count). The number of carboxylic acid groups (broad SMARTS) is 1. The topological polar surface area (TPSA) is 102 Å². The van der Waals surface area contributed by atoms with Crippen LogP contribution in [0.4, 0.5) is 4.79 Å². The van der Waals surface area contributed by atoms with Gasteiger partial charge in [-0.3, -0.25) is 5.32 Å². The van der Waals surface area contributed by atoms with E-state index in [1.54, 1.807) is 20.8 Å². The van der Waals surface area contributed by atoms with Gasteiger partial charge >= 0.3 is 12.1 Å². The number of aliphatic carboxylic acids is 1. The molecular formula is C11H16N2O5. The number of nitrogens with one attached hydrogen (secondary N) is 1. The van der Waals surface area contributed by atoms with Gasteiger partial charge < -0.3 is 14.3 Å². The molecule has 1 heterocycles. The maximum atomic E-state index is 11.6. The van der Waals surface area contributed by atoms with E-state index in [0.29, 0.717) is 0 Å². The van der Waals surface area contributed by atoms with Gasteiger partial charge in [0.2, 0.25) is 11.4 Å². The summed E-state index contributed by atoms with van der Waals surface area (Å²) in [5.41, 5.74) is -2.49. The molecule has 0 aliphatic rings. The van der Waals surface area contributed by atoms with Gasteiger partial charge in [-0.05, 0) is 27.7 Å². The number of carboxylic acids is 1. The Morgan fingerprint density at radius 3 is 2.39 bits per heavy atom. The van der Waals surface area contributed by atoms with Crippen LogP contribution in [0.2, 0.25) is 0 Å². The van der Waals surface area contributed by atoms with Crippen LogP contribution in [0.1, 0.15) is 33.6 Å². The quantitative estimate of drug-likeness (QED) is 0.849. The predicted octanol–water partition coefficient (Wildman–Crippen LogP) is 1.50. The molecular weight excluding hydrogens is 240 g/mol. The van der Waals surface area contributed by atoms with E-state index in [0.717, 1.165) is 0 Å². The van der Waals surface area contributed by atoms with Crippen molar-refractivity contribution in [2.24, 2.45) is 0 Å². The number of hydrogen-bond acceptors (Lipinski definition) is 5. The summed E-state index contributed by atoms with van der Waals surface area (Å²) in [4.78, 5) is 26.6. The number of ether oxygens (including phenoxy) is 1. The predicted molar refractivity (Wildman–Crippen MR) is 60.9 cm³/mol. The number of aromatic nitrogens is 1. The third-order valence-corrected chi connectivity index (χ3v) is 2.04. The van der Waals surface area contributed by atoms with Crippen molar-refractivity contribution in [1.29, 1.82) is 0 Å². The van der Waals surface area contributed by atoms with Crippen LogP contribution in [0.5, 0.6) is 0 Å². The SMILES string of the molecule is CC(C)(C)OC(=O)NC(C)(C(=O)O)c1ncco1. The zero-order chi connectivity index (χ0) is 14.0. The molecule has 1 unspecified atom stereocenters. The second-order valence-corrected chi connectivity index (χ2v) is 4.89. The Labute approximate surface area is 104 Å². The lowest BCUT2D eigenvalue weighted by atomic mass is 10.0. The molecule has 0 fully saturated rings. The van der Waals surface area contributed by atoms with E-state index in [-0.39, 0.29) is 5.89 Å². The van der Waals surface area contributed by atoms with Gasteiger partial charge in [-0.2, -0.15) is 0 Å². The fourth-order valence-electron chi connectivity index (χ4n) is 1.18. The zero-order valence-electron chi connectivity index (χ0n) is 10.7. The Morgan fingerprint density at radius 2 is 2.00 bits per heavy atom. The van der Waals surface area contributed by atoms with E-state index >= 15 is 0 Å². The lowest BCUT2D eigenvalue weighted by Gasteiger charge is -2.26. The van der Waals surface area contributed by atoms with Crippen LogP contribution in [0.25, 0.3) is 0 Å². The van der Waals surface area contributed by atoms with E-state index in [4.69, 9.17) is 9.15 Å². The molecule has 7 heteroatoms. The Kier molecular flexibility index (Phi) is 3.64. The largest absolute Gasteiger partial charge is 0.479 e. The second-order valence-electron chi connectivity index (χ2n) is 4.89. The molecule has 0 aromatic carbocycles. The van der Waals surface area contributed by atoms with Crippen molar-refractivity contribution in [3.8, 4) is 0 Å². The number of rotatable bonds is 3. The van der Waals surface area contributed by atoms with Crippen molar-refractivity contribution >= 4 is 12.1 Å². The zero-order valence-corrected chi connectivity index (χ0v) is 10.7. The van der Waals surface area contributed by atoms with Crippen LogP contribution < -0.4 is 5.32 Å². The Morgan fingerprint density at radius 1 is 1.39 bits per heavy atom. The van der Waals surface area contributed by atoms with Crippen LogP contribution in [-0.4, -0.2) is 27.8 Å². The lowest BCUT2D eigenvalue weighted by molar-refractivity contribution is -0.145. The van der Waals surface area contributed by atoms with E-state index < -0.39 is 23.2 Å². The summed E-state index contributed by atoms with van der Waals surface area (Å²) in [5.74, 6) is -1.42. The number of carbonyl (C=O) groups is 2. The van der Waals surface area contributed by atoms with Gasteiger partial charge in [0, 0.05) is 0 Å². The maximum Gasteiger partial charge on any atom is 0.408 e. The van der Waals surface area contributed by atoms with Crippen molar-refractivity contribution < 1.29 is 23.8 Å². The number of hydrogen-bond donors (Lipinski definition) is 2. The van der Waals surface area contributed by atoms with Crippen molar-refractivity contribution in [2.45, 2.75) is 38.8 Å². The summed E-state index contributed by atoms with van der Waals surface area (Å²) in [5, 5.41) is 11.4. The number of alkyl carbamates (subject to hydrolysis) is 1. The summed E-state index contributed by atoms with van der Waals surface area (Å²) in [6.07, 6.45) is 1.67. The highest BCUT2D eigenvalue weighted by molar-refractivity contribution is 5.84. The van der Waals surface area contributed by atoms with E-state index in [2.05, 4.69) is 10.3 Å². The van der Waals surface area contributed by atoms with Gasteiger partial charge in [0.15, 0.2) is 0 Å². The van der Waals surface area contributed by atoms with E-state index in [1.807, 2.05) is 0 Å². The molecule has 1 aromatic heterocycles. The Hall–Kier alpha value is -2.05. The van der Waals surface area contributed by atoms with Crippen LogP contribution in [-0.2, 0) is 15.1 Å². The minimum absolute atomic E-state index is 0.124. The molecule has 0 saturated carbocycles. The Balaban J connectivity index is 2.89. The van der Waals surface area contributed by atoms with Crippen LogP contribution in [0, 0.1) is 0 Å². The highest BCUT2D eigenvalue weighted by atomic mass is 16.6. The molecule has 7 nitrogen and oxygen atoms in total. The normalized spacial score (nSPS) is 14.7. The molecule has 0 radical (unpaired) electrons. The molecule has 0 spiro atoms. The van der Waals surface area contributed by atoms with Crippen LogP contribution >= 0.6 is 0 Å². The average Bonchev–Trinajstić information content (AvgIpc) is 2.66. The van der Waals surface area contributed by atoms with Crippen molar-refractivity contribution in [3.05, 3.63) is 18.4 Å². The first kappa shape index (κ1) is 14.0. The molecule has 1 amide bonds. The van der Waals surface area contributed by atoms with Crippen molar-refractivity contribution in [2.75, 3.05) is 0 Å². The summed E-state index contributed by atoms with van der Waals surface area (Å²) in [7, 11) is 0. The highest BCUT2D eigenvalue weighted by Crippen LogP contribution is 2.20. The number of carbonyl (C=O) groups excluding carboxylic acids is 1. The number of amides is 1. The fourth-order valence-corrected chi connectivity index (χ4v) is 1.18. The molecule has 0 aliphatic carbocycles. The van der Waals surface area contributed by atoms with Crippen molar-refractivity contribution in [3.63, 3.8) is 0 Å². The van der Waals surface area contributed by atoms with Crippen LogP contribution in [0.15, 0.2) is 16.9 Å². The number of oxazole rings is 1. The molecule has 0 saturated heterocycles. The summed E-state index contributed by atoms with van der Waals surface area (Å²) in [6, 6.07) is 0. The summed E-state index contributed by atoms with van der Waals surface area (Å²) in [6.45, 7) is 6.30. The molecule has 1 aromatic rings. The molecule has 100 valence electrons. The van der Waals surface area contributed by atoms with Gasteiger partial charge in [0.05, 0.1) is 6.20 Å². The van der Waals surface area contributed by atoms with Gasteiger partial charge in [0.1, 0.15) is 11.9 Å². The van der Waals surface area contributed by atoms with E-state index in [9.17, 15) is 14.7 Å². The minimum Gasteiger partial charge on any atom is -0.479 e. The van der Waals surface area contributed by atoms with Crippen LogP contribution in [0.3, 0.4) is 0 Å². The highest BCUT2D eigenvalue weighted by Gasteiger charge is 2.42. The lowest BCUT2D eigenvalue weighted by Crippen LogP contribution is -2.51. The standard InChI is InChI=1S/C11H16N2O5/c1-10(2,3)18-9(16)13-11(4,8(14)15)7-12-5-6-17-7/h5-6H,1-4H3,(H,13,16)(H,14,15). The van der Waals surface area contributed by atoms with Gasteiger partial charge in [-0.25, -0.2) is 14.6 Å². The Bertz CT molecular complexity index is 435. The third kappa shape index (κ3) is 3.22. The molecule has 0 bridgehead atoms. The first-order valence-electron chi connectivity index (χ1n) is 5.30. The molecule has 1 atom stereocenters. The average molecular weight is 256 g/mol. The smallest absolute Gasteiger partial charge is 0.408 e.